The molecule has 0 aromatic heterocycles. The Morgan fingerprint density at radius 2 is 1.65 bits per heavy atom. The van der Waals surface area contributed by atoms with Crippen LogP contribution in [0.15, 0.2) is 0 Å². The van der Waals surface area contributed by atoms with Crippen LogP contribution >= 0.6 is 12.4 Å². The van der Waals surface area contributed by atoms with Crippen LogP contribution in [-0.4, -0.2) is 31.7 Å². The standard InChI is InChI=1S/C12H21F2NO.ClH/c13-12(14)5-1-10(2-6-12)9-15-11-3-7-16-8-4-11;/h10-11,15H,1-9H2;1H. The van der Waals surface area contributed by atoms with E-state index in [1.165, 1.54) is 0 Å². The third-order valence-electron chi connectivity index (χ3n) is 3.75. The lowest BCUT2D eigenvalue weighted by atomic mass is 9.86. The summed E-state index contributed by atoms with van der Waals surface area (Å²) in [6.45, 7) is 2.57. The molecule has 0 radical (unpaired) electrons. The lowest BCUT2D eigenvalue weighted by molar-refractivity contribution is -0.0459. The molecule has 17 heavy (non-hydrogen) atoms. The second-order valence-electron chi connectivity index (χ2n) is 5.09. The Morgan fingerprint density at radius 3 is 2.24 bits per heavy atom. The van der Waals surface area contributed by atoms with E-state index in [1.54, 1.807) is 0 Å². The molecule has 1 N–H and O–H groups in total. The summed E-state index contributed by atoms with van der Waals surface area (Å²) in [5, 5.41) is 3.49. The first-order valence-electron chi connectivity index (χ1n) is 6.35. The van der Waals surface area contributed by atoms with Crippen molar-refractivity contribution in [3.8, 4) is 0 Å². The molecule has 1 heterocycles. The van der Waals surface area contributed by atoms with Crippen LogP contribution in [0, 0.1) is 5.92 Å². The first-order valence-corrected chi connectivity index (χ1v) is 6.35. The molecule has 0 spiro atoms. The van der Waals surface area contributed by atoms with E-state index in [2.05, 4.69) is 5.32 Å². The molecule has 0 unspecified atom stereocenters. The first kappa shape index (κ1) is 15.1. The molecule has 1 aliphatic heterocycles. The van der Waals surface area contributed by atoms with Crippen LogP contribution in [0.2, 0.25) is 0 Å². The summed E-state index contributed by atoms with van der Waals surface area (Å²) in [4.78, 5) is 0. The molecular weight excluding hydrogens is 248 g/mol. The fourth-order valence-electron chi connectivity index (χ4n) is 2.54. The van der Waals surface area contributed by atoms with Gasteiger partial charge in [-0.15, -0.1) is 12.4 Å². The van der Waals surface area contributed by atoms with Crippen molar-refractivity contribution in [2.24, 2.45) is 5.92 Å². The van der Waals surface area contributed by atoms with Crippen LogP contribution in [0.3, 0.4) is 0 Å². The minimum absolute atomic E-state index is 0. The van der Waals surface area contributed by atoms with Crippen LogP contribution in [0.5, 0.6) is 0 Å². The third kappa shape index (κ3) is 5.06. The second-order valence-corrected chi connectivity index (χ2v) is 5.09. The highest BCUT2D eigenvalue weighted by Gasteiger charge is 2.34. The number of alkyl halides is 2. The van der Waals surface area contributed by atoms with E-state index >= 15 is 0 Å². The van der Waals surface area contributed by atoms with Crippen molar-refractivity contribution < 1.29 is 13.5 Å². The molecule has 0 bridgehead atoms. The largest absolute Gasteiger partial charge is 0.381 e. The lowest BCUT2D eigenvalue weighted by Gasteiger charge is -2.30. The lowest BCUT2D eigenvalue weighted by Crippen LogP contribution is -2.39. The molecule has 0 aromatic carbocycles. The fourth-order valence-corrected chi connectivity index (χ4v) is 2.54. The van der Waals surface area contributed by atoms with Gasteiger partial charge in [0.15, 0.2) is 0 Å². The highest BCUT2D eigenvalue weighted by atomic mass is 35.5. The molecule has 1 saturated heterocycles. The van der Waals surface area contributed by atoms with E-state index in [9.17, 15) is 8.78 Å². The van der Waals surface area contributed by atoms with Crippen molar-refractivity contribution in [1.29, 1.82) is 0 Å². The van der Waals surface area contributed by atoms with Gasteiger partial charge in [-0.1, -0.05) is 0 Å². The molecular formula is C12H22ClF2NO. The first-order chi connectivity index (χ1) is 7.66. The van der Waals surface area contributed by atoms with Crippen molar-refractivity contribution in [2.45, 2.75) is 50.5 Å². The number of rotatable bonds is 3. The Labute approximate surface area is 108 Å². The van der Waals surface area contributed by atoms with Crippen molar-refractivity contribution in [3.63, 3.8) is 0 Å². The molecule has 5 heteroatoms. The highest BCUT2D eigenvalue weighted by Crippen LogP contribution is 2.35. The van der Waals surface area contributed by atoms with Crippen LogP contribution < -0.4 is 5.32 Å². The molecule has 2 aliphatic rings. The van der Waals surface area contributed by atoms with Gasteiger partial charge in [0.1, 0.15) is 0 Å². The topological polar surface area (TPSA) is 21.3 Å². The minimum atomic E-state index is -2.39. The summed E-state index contributed by atoms with van der Waals surface area (Å²) in [6, 6.07) is 0.538. The number of hydrogen-bond acceptors (Lipinski definition) is 2. The van der Waals surface area contributed by atoms with Crippen LogP contribution in [-0.2, 0) is 4.74 Å². The molecule has 2 fully saturated rings. The van der Waals surface area contributed by atoms with Crippen molar-refractivity contribution in [1.82, 2.24) is 5.32 Å². The normalized spacial score (nSPS) is 26.5. The second kappa shape index (κ2) is 6.86. The van der Waals surface area contributed by atoms with Gasteiger partial charge < -0.3 is 10.1 Å². The summed E-state index contributed by atoms with van der Waals surface area (Å²) < 4.78 is 31.2. The Balaban J connectivity index is 0.00000144. The van der Waals surface area contributed by atoms with Crippen molar-refractivity contribution >= 4 is 12.4 Å². The fraction of sp³-hybridized carbons (Fsp3) is 1.00. The van der Waals surface area contributed by atoms with Gasteiger partial charge >= 0.3 is 0 Å². The average Bonchev–Trinajstić information content (AvgIpc) is 2.29. The van der Waals surface area contributed by atoms with Crippen molar-refractivity contribution in [2.75, 3.05) is 19.8 Å². The SMILES string of the molecule is Cl.FC1(F)CCC(CNC2CCOCC2)CC1. The van der Waals surface area contributed by atoms with Gasteiger partial charge in [0.25, 0.3) is 0 Å². The summed E-state index contributed by atoms with van der Waals surface area (Å²) in [5.41, 5.74) is 0. The van der Waals surface area contributed by atoms with Gasteiger partial charge in [-0.3, -0.25) is 0 Å². The number of hydrogen-bond donors (Lipinski definition) is 1. The zero-order valence-corrected chi connectivity index (χ0v) is 10.9. The van der Waals surface area contributed by atoms with Crippen LogP contribution in [0.25, 0.3) is 0 Å². The van der Waals surface area contributed by atoms with E-state index in [0.717, 1.165) is 32.6 Å². The van der Waals surface area contributed by atoms with Crippen LogP contribution in [0.1, 0.15) is 38.5 Å². The smallest absolute Gasteiger partial charge is 0.248 e. The molecule has 0 aromatic rings. The van der Waals surface area contributed by atoms with Gasteiger partial charge in [0.05, 0.1) is 0 Å². The average molecular weight is 270 g/mol. The van der Waals surface area contributed by atoms with Gasteiger partial charge in [-0.25, -0.2) is 8.78 Å². The Morgan fingerprint density at radius 1 is 1.06 bits per heavy atom. The quantitative estimate of drug-likeness (QED) is 0.850. The zero-order chi connectivity index (χ0) is 11.4. The summed E-state index contributed by atoms with van der Waals surface area (Å²) in [5.74, 6) is -1.95. The molecule has 102 valence electrons. The minimum Gasteiger partial charge on any atom is -0.381 e. The molecule has 1 aliphatic carbocycles. The predicted octanol–water partition coefficient (Wildman–Crippen LogP) is 3.00. The summed E-state index contributed by atoms with van der Waals surface area (Å²) in [7, 11) is 0. The van der Waals surface area contributed by atoms with Gasteiger partial charge in [0.2, 0.25) is 5.92 Å². The van der Waals surface area contributed by atoms with E-state index in [0.29, 0.717) is 24.8 Å². The van der Waals surface area contributed by atoms with E-state index in [4.69, 9.17) is 4.74 Å². The molecule has 2 nitrogen and oxygen atoms in total. The maximum Gasteiger partial charge on any atom is 0.248 e. The summed E-state index contributed by atoms with van der Waals surface area (Å²) in [6.07, 6.45) is 3.61. The molecule has 0 amide bonds. The highest BCUT2D eigenvalue weighted by molar-refractivity contribution is 5.85. The van der Waals surface area contributed by atoms with Gasteiger partial charge in [-0.2, -0.15) is 0 Å². The predicted molar refractivity (Wildman–Crippen MR) is 66.0 cm³/mol. The molecule has 2 rings (SSSR count). The Hall–Kier alpha value is 0.0700. The maximum absolute atomic E-state index is 12.9. The van der Waals surface area contributed by atoms with Crippen molar-refractivity contribution in [3.05, 3.63) is 0 Å². The molecule has 1 saturated carbocycles. The zero-order valence-electron chi connectivity index (χ0n) is 10.1. The monoisotopic (exact) mass is 269 g/mol. The number of ether oxygens (including phenoxy) is 1. The van der Waals surface area contributed by atoms with E-state index in [1.807, 2.05) is 0 Å². The third-order valence-corrected chi connectivity index (χ3v) is 3.75. The Kier molecular flexibility index (Phi) is 6.10. The number of nitrogens with one attached hydrogen (secondary N) is 1. The summed E-state index contributed by atoms with van der Waals surface area (Å²) >= 11 is 0. The van der Waals surface area contributed by atoms with Gasteiger partial charge in [0, 0.05) is 32.1 Å². The number of halogens is 3. The Bertz CT molecular complexity index is 213. The van der Waals surface area contributed by atoms with E-state index < -0.39 is 5.92 Å². The maximum atomic E-state index is 12.9. The molecule has 0 atom stereocenters. The van der Waals surface area contributed by atoms with Crippen LogP contribution in [0.4, 0.5) is 8.78 Å². The van der Waals surface area contributed by atoms with E-state index in [-0.39, 0.29) is 25.2 Å². The van der Waals surface area contributed by atoms with Gasteiger partial charge in [-0.05, 0) is 38.1 Å².